The van der Waals surface area contributed by atoms with E-state index < -0.39 is 12.0 Å². The van der Waals surface area contributed by atoms with Crippen molar-refractivity contribution in [3.05, 3.63) is 23.8 Å². The Morgan fingerprint density at radius 1 is 1.35 bits per heavy atom. The second kappa shape index (κ2) is 5.34. The highest BCUT2D eigenvalue weighted by Gasteiger charge is 2.15. The first kappa shape index (κ1) is 13.0. The average molecular weight is 237 g/mol. The molecule has 1 unspecified atom stereocenters. The van der Waals surface area contributed by atoms with Gasteiger partial charge in [0.25, 0.3) is 5.91 Å². The molecular formula is C12H15NO4. The van der Waals surface area contributed by atoms with Crippen LogP contribution in [0.2, 0.25) is 0 Å². The lowest BCUT2D eigenvalue weighted by Crippen LogP contribution is -2.31. The maximum atomic E-state index is 11.4. The van der Waals surface area contributed by atoms with Gasteiger partial charge in [-0.25, -0.2) is 0 Å². The number of rotatable bonds is 5. The van der Waals surface area contributed by atoms with Crippen LogP contribution in [0.25, 0.3) is 0 Å². The zero-order valence-corrected chi connectivity index (χ0v) is 10.0. The Bertz CT molecular complexity index is 442. The molecule has 17 heavy (non-hydrogen) atoms. The summed E-state index contributed by atoms with van der Waals surface area (Å²) >= 11 is 0. The third-order valence-corrected chi connectivity index (χ3v) is 2.27. The van der Waals surface area contributed by atoms with Gasteiger partial charge in [-0.2, -0.15) is 0 Å². The Balaban J connectivity index is 3.09. The van der Waals surface area contributed by atoms with E-state index in [0.717, 1.165) is 0 Å². The first-order valence-electron chi connectivity index (χ1n) is 5.10. The Morgan fingerprint density at radius 2 is 2.00 bits per heavy atom. The minimum absolute atomic E-state index is 0.153. The van der Waals surface area contributed by atoms with Gasteiger partial charge < -0.3 is 15.2 Å². The molecule has 0 aliphatic carbocycles. The molecular weight excluding hydrogens is 222 g/mol. The van der Waals surface area contributed by atoms with Gasteiger partial charge >= 0.3 is 0 Å². The summed E-state index contributed by atoms with van der Waals surface area (Å²) in [5.41, 5.74) is 5.49. The Morgan fingerprint density at radius 3 is 2.47 bits per heavy atom. The summed E-state index contributed by atoms with van der Waals surface area (Å²) in [6, 6.07) is 4.79. The monoisotopic (exact) mass is 237 g/mol. The van der Waals surface area contributed by atoms with Crippen LogP contribution in [0, 0.1) is 0 Å². The number of carbonyl (C=O) groups is 2. The maximum Gasteiger partial charge on any atom is 0.258 e. The maximum absolute atomic E-state index is 11.4. The molecule has 5 heteroatoms. The third-order valence-electron chi connectivity index (χ3n) is 2.27. The fourth-order valence-corrected chi connectivity index (χ4v) is 1.27. The first-order valence-corrected chi connectivity index (χ1v) is 5.10. The Kier molecular flexibility index (Phi) is 4.09. The minimum Gasteiger partial charge on any atom is -0.497 e. The number of hydrogen-bond donors (Lipinski definition) is 1. The number of carbonyl (C=O) groups excluding carboxylic acids is 2. The lowest BCUT2D eigenvalue weighted by molar-refractivity contribution is -0.124. The van der Waals surface area contributed by atoms with Crippen molar-refractivity contribution in [2.75, 3.05) is 7.11 Å². The zero-order valence-electron chi connectivity index (χ0n) is 10.0. The Labute approximate surface area is 99.5 Å². The van der Waals surface area contributed by atoms with Crippen molar-refractivity contribution in [3.63, 3.8) is 0 Å². The number of ether oxygens (including phenoxy) is 2. The molecule has 1 rings (SSSR count). The van der Waals surface area contributed by atoms with Gasteiger partial charge in [0, 0.05) is 6.07 Å². The fourth-order valence-electron chi connectivity index (χ4n) is 1.27. The molecule has 2 N–H and O–H groups in total. The number of methoxy groups -OCH3 is 1. The van der Waals surface area contributed by atoms with Crippen LogP contribution in [-0.4, -0.2) is 24.9 Å². The topological polar surface area (TPSA) is 78.6 Å². The summed E-state index contributed by atoms with van der Waals surface area (Å²) in [5.74, 6) is 0.0893. The van der Waals surface area contributed by atoms with E-state index in [1.807, 2.05) is 0 Å². The smallest absolute Gasteiger partial charge is 0.258 e. The van der Waals surface area contributed by atoms with E-state index in [4.69, 9.17) is 15.2 Å². The second-order valence-electron chi connectivity index (χ2n) is 3.58. The van der Waals surface area contributed by atoms with E-state index in [1.54, 1.807) is 18.2 Å². The molecule has 0 aliphatic heterocycles. The third kappa shape index (κ3) is 3.21. The van der Waals surface area contributed by atoms with Gasteiger partial charge in [0.2, 0.25) is 0 Å². The molecule has 0 saturated carbocycles. The van der Waals surface area contributed by atoms with E-state index in [2.05, 4.69) is 0 Å². The summed E-state index contributed by atoms with van der Waals surface area (Å²) in [6.07, 6.45) is -0.805. The van der Waals surface area contributed by atoms with Crippen molar-refractivity contribution in [2.45, 2.75) is 20.0 Å². The van der Waals surface area contributed by atoms with E-state index in [0.29, 0.717) is 17.1 Å². The minimum atomic E-state index is -0.805. The molecule has 0 heterocycles. The molecule has 1 amide bonds. The largest absolute Gasteiger partial charge is 0.497 e. The predicted molar refractivity (Wildman–Crippen MR) is 62.3 cm³/mol. The molecule has 1 atom stereocenters. The molecule has 0 aromatic heterocycles. The van der Waals surface area contributed by atoms with Crippen molar-refractivity contribution in [1.82, 2.24) is 0 Å². The van der Waals surface area contributed by atoms with Gasteiger partial charge in [-0.05, 0) is 26.0 Å². The molecule has 0 bridgehead atoms. The summed E-state index contributed by atoms with van der Waals surface area (Å²) in [5, 5.41) is 0. The predicted octanol–water partition coefficient (Wildman–Crippen LogP) is 1.15. The molecule has 0 aliphatic rings. The number of amides is 1. The Hall–Kier alpha value is -2.04. The highest BCUT2D eigenvalue weighted by Crippen LogP contribution is 2.26. The first-order chi connectivity index (χ1) is 7.95. The average Bonchev–Trinajstić information content (AvgIpc) is 2.28. The number of Topliss-reactive ketones (excluding diaryl/α,β-unsaturated/α-hetero) is 1. The van der Waals surface area contributed by atoms with Crippen LogP contribution in [0.5, 0.6) is 11.5 Å². The van der Waals surface area contributed by atoms with Crippen molar-refractivity contribution < 1.29 is 19.1 Å². The molecule has 0 radical (unpaired) electrons. The molecule has 5 nitrogen and oxygen atoms in total. The van der Waals surface area contributed by atoms with Crippen LogP contribution in [0.1, 0.15) is 24.2 Å². The van der Waals surface area contributed by atoms with Crippen molar-refractivity contribution in [3.8, 4) is 11.5 Å². The van der Waals surface area contributed by atoms with Crippen LogP contribution in [0.4, 0.5) is 0 Å². The van der Waals surface area contributed by atoms with Crippen molar-refractivity contribution in [1.29, 1.82) is 0 Å². The van der Waals surface area contributed by atoms with E-state index in [1.165, 1.54) is 21.0 Å². The number of benzene rings is 1. The summed E-state index contributed by atoms with van der Waals surface area (Å²) in [7, 11) is 1.50. The van der Waals surface area contributed by atoms with Crippen LogP contribution < -0.4 is 15.2 Å². The van der Waals surface area contributed by atoms with Crippen molar-refractivity contribution in [2.24, 2.45) is 5.73 Å². The highest BCUT2D eigenvalue weighted by atomic mass is 16.5. The van der Waals surface area contributed by atoms with Gasteiger partial charge in [-0.15, -0.1) is 0 Å². The van der Waals surface area contributed by atoms with E-state index in [9.17, 15) is 9.59 Å². The normalized spacial score (nSPS) is 11.7. The molecule has 0 spiro atoms. The summed E-state index contributed by atoms with van der Waals surface area (Å²) in [6.45, 7) is 2.94. The lowest BCUT2D eigenvalue weighted by Gasteiger charge is -2.14. The molecule has 92 valence electrons. The van der Waals surface area contributed by atoms with Crippen molar-refractivity contribution >= 4 is 11.7 Å². The van der Waals surface area contributed by atoms with Gasteiger partial charge in [0.05, 0.1) is 12.7 Å². The fraction of sp³-hybridized carbons (Fsp3) is 0.333. The van der Waals surface area contributed by atoms with E-state index in [-0.39, 0.29) is 5.78 Å². The van der Waals surface area contributed by atoms with Gasteiger partial charge in [0.1, 0.15) is 11.5 Å². The second-order valence-corrected chi connectivity index (χ2v) is 3.58. The summed E-state index contributed by atoms with van der Waals surface area (Å²) < 4.78 is 10.4. The lowest BCUT2D eigenvalue weighted by atomic mass is 10.1. The molecule has 1 aromatic rings. The summed E-state index contributed by atoms with van der Waals surface area (Å²) in [4.78, 5) is 22.3. The van der Waals surface area contributed by atoms with E-state index >= 15 is 0 Å². The highest BCUT2D eigenvalue weighted by molar-refractivity contribution is 5.97. The van der Waals surface area contributed by atoms with Crippen LogP contribution in [0.3, 0.4) is 0 Å². The van der Waals surface area contributed by atoms with Gasteiger partial charge in [-0.1, -0.05) is 0 Å². The molecule has 1 aromatic carbocycles. The van der Waals surface area contributed by atoms with Crippen LogP contribution in [0.15, 0.2) is 18.2 Å². The molecule has 0 saturated heterocycles. The van der Waals surface area contributed by atoms with Gasteiger partial charge in [0.15, 0.2) is 11.9 Å². The van der Waals surface area contributed by atoms with Crippen LogP contribution >= 0.6 is 0 Å². The SMILES string of the molecule is COc1ccc(C(C)=O)c(OC(C)C(N)=O)c1. The number of ketones is 1. The zero-order chi connectivity index (χ0) is 13.0. The number of hydrogen-bond acceptors (Lipinski definition) is 4. The number of nitrogens with two attached hydrogens (primary N) is 1. The molecule has 0 fully saturated rings. The van der Waals surface area contributed by atoms with Crippen LogP contribution in [-0.2, 0) is 4.79 Å². The quantitative estimate of drug-likeness (QED) is 0.779. The number of primary amides is 1. The standard InChI is InChI=1S/C12H15NO4/c1-7(14)10-5-4-9(16-3)6-11(10)17-8(2)12(13)15/h4-6,8H,1-3H3,(H2,13,15). The van der Waals surface area contributed by atoms with Gasteiger partial charge in [-0.3, -0.25) is 9.59 Å².